The molecular formula is C31H39N3O5S. The molecule has 2 amide bonds. The van der Waals surface area contributed by atoms with Crippen molar-refractivity contribution in [2.75, 3.05) is 30.8 Å². The van der Waals surface area contributed by atoms with Crippen molar-refractivity contribution in [3.8, 4) is 5.75 Å². The Hall–Kier alpha value is -3.85. The van der Waals surface area contributed by atoms with Gasteiger partial charge in [-0.2, -0.15) is 0 Å². The van der Waals surface area contributed by atoms with Gasteiger partial charge in [0.15, 0.2) is 0 Å². The lowest BCUT2D eigenvalue weighted by molar-refractivity contribution is -0.141. The van der Waals surface area contributed by atoms with Crippen molar-refractivity contribution in [3.63, 3.8) is 0 Å². The van der Waals surface area contributed by atoms with Gasteiger partial charge in [-0.1, -0.05) is 66.7 Å². The minimum absolute atomic E-state index is 0.0665. The second-order valence-electron chi connectivity index (χ2n) is 9.61. The number of hydrogen-bond donors (Lipinski definition) is 1. The Balaban J connectivity index is 1.87. The van der Waals surface area contributed by atoms with Gasteiger partial charge >= 0.3 is 0 Å². The van der Waals surface area contributed by atoms with Crippen LogP contribution in [-0.4, -0.2) is 57.6 Å². The fourth-order valence-corrected chi connectivity index (χ4v) is 5.58. The predicted molar refractivity (Wildman–Crippen MR) is 159 cm³/mol. The molecule has 0 aliphatic carbocycles. The monoisotopic (exact) mass is 565 g/mol. The number of anilines is 1. The van der Waals surface area contributed by atoms with Crippen LogP contribution in [-0.2, 0) is 32.6 Å². The Labute approximate surface area is 238 Å². The molecule has 0 heterocycles. The topological polar surface area (TPSA) is 96.0 Å². The fourth-order valence-electron chi connectivity index (χ4n) is 4.61. The lowest BCUT2D eigenvalue weighted by atomic mass is 10.0. The second-order valence-corrected chi connectivity index (χ2v) is 11.5. The van der Waals surface area contributed by atoms with Gasteiger partial charge in [-0.3, -0.25) is 13.9 Å². The maximum Gasteiger partial charge on any atom is 0.242 e. The summed E-state index contributed by atoms with van der Waals surface area (Å²) in [6.45, 7) is 4.56. The summed E-state index contributed by atoms with van der Waals surface area (Å²) in [7, 11) is -2.08. The number of rotatable bonds is 14. The van der Waals surface area contributed by atoms with Crippen molar-refractivity contribution in [2.24, 2.45) is 0 Å². The molecule has 8 nitrogen and oxygen atoms in total. The molecule has 3 rings (SSSR count). The highest BCUT2D eigenvalue weighted by molar-refractivity contribution is 7.92. The molecule has 214 valence electrons. The van der Waals surface area contributed by atoms with E-state index < -0.39 is 16.1 Å². The number of sulfonamides is 1. The zero-order valence-electron chi connectivity index (χ0n) is 23.7. The SMILES string of the molecule is CCOc1ccccc1N(CCCC(=O)N(Cc1ccccc1C)C(Cc1ccccc1)C(=O)NC)S(C)(=O)=O. The van der Waals surface area contributed by atoms with Crippen molar-refractivity contribution in [1.82, 2.24) is 10.2 Å². The molecule has 9 heteroatoms. The first-order valence-electron chi connectivity index (χ1n) is 13.4. The van der Waals surface area contributed by atoms with Gasteiger partial charge in [0.05, 0.1) is 18.6 Å². The largest absolute Gasteiger partial charge is 0.492 e. The van der Waals surface area contributed by atoms with Gasteiger partial charge in [0.1, 0.15) is 11.8 Å². The van der Waals surface area contributed by atoms with Gasteiger partial charge in [0.25, 0.3) is 0 Å². The standard InChI is InChI=1S/C31H39N3O5S/c1-5-39-29-19-12-11-18-27(29)34(40(4,37)38)21-13-20-30(35)33(23-26-17-10-9-14-24(26)2)28(31(36)32-3)22-25-15-7-6-8-16-25/h6-12,14-19,28H,5,13,20-23H2,1-4H3,(H,32,36). The van der Waals surface area contributed by atoms with Crippen LogP contribution in [0.15, 0.2) is 78.9 Å². The molecule has 1 N–H and O–H groups in total. The number of aryl methyl sites for hydroxylation is 1. The van der Waals surface area contributed by atoms with Gasteiger partial charge in [-0.05, 0) is 49.1 Å². The molecule has 1 atom stereocenters. The number of carbonyl (C=O) groups excluding carboxylic acids is 2. The molecule has 0 aromatic heterocycles. The van der Waals surface area contributed by atoms with Gasteiger partial charge in [-0.25, -0.2) is 8.42 Å². The lowest BCUT2D eigenvalue weighted by Crippen LogP contribution is -2.50. The summed E-state index contributed by atoms with van der Waals surface area (Å²) in [6.07, 6.45) is 1.83. The van der Waals surface area contributed by atoms with Crippen molar-refractivity contribution < 1.29 is 22.7 Å². The number of hydrogen-bond acceptors (Lipinski definition) is 5. The van der Waals surface area contributed by atoms with Crippen molar-refractivity contribution in [3.05, 3.63) is 95.6 Å². The van der Waals surface area contributed by atoms with Crippen LogP contribution in [0.2, 0.25) is 0 Å². The number of amides is 2. The van der Waals surface area contributed by atoms with Gasteiger partial charge < -0.3 is 15.0 Å². The summed E-state index contributed by atoms with van der Waals surface area (Å²) in [4.78, 5) is 28.5. The quantitative estimate of drug-likeness (QED) is 0.314. The van der Waals surface area contributed by atoms with Crippen LogP contribution in [0.1, 0.15) is 36.5 Å². The van der Waals surface area contributed by atoms with Crippen LogP contribution in [0.4, 0.5) is 5.69 Å². The maximum atomic E-state index is 13.8. The highest BCUT2D eigenvalue weighted by atomic mass is 32.2. The lowest BCUT2D eigenvalue weighted by Gasteiger charge is -2.32. The summed E-state index contributed by atoms with van der Waals surface area (Å²) in [5, 5.41) is 2.72. The van der Waals surface area contributed by atoms with E-state index in [1.807, 2.05) is 68.4 Å². The van der Waals surface area contributed by atoms with Crippen LogP contribution >= 0.6 is 0 Å². The molecule has 0 bridgehead atoms. The van der Waals surface area contributed by atoms with Crippen LogP contribution in [0.25, 0.3) is 0 Å². The highest BCUT2D eigenvalue weighted by Gasteiger charge is 2.30. The smallest absolute Gasteiger partial charge is 0.242 e. The zero-order valence-corrected chi connectivity index (χ0v) is 24.5. The second kappa shape index (κ2) is 14.5. The summed E-state index contributed by atoms with van der Waals surface area (Å²) in [6, 6.07) is 23.6. The normalized spacial score (nSPS) is 11.9. The number of nitrogens with zero attached hydrogens (tertiary/aromatic N) is 2. The van der Waals surface area contributed by atoms with Crippen molar-refractivity contribution in [2.45, 2.75) is 45.7 Å². The van der Waals surface area contributed by atoms with E-state index in [-0.39, 0.29) is 37.7 Å². The van der Waals surface area contributed by atoms with Gasteiger partial charge in [-0.15, -0.1) is 0 Å². The molecular weight excluding hydrogens is 526 g/mol. The van der Waals surface area contributed by atoms with Crippen LogP contribution < -0.4 is 14.4 Å². The van der Waals surface area contributed by atoms with Crippen LogP contribution in [0.5, 0.6) is 5.75 Å². The molecule has 0 radical (unpaired) electrons. The molecule has 0 aliphatic heterocycles. The first kappa shape index (κ1) is 30.7. The minimum Gasteiger partial charge on any atom is -0.492 e. The van der Waals surface area contributed by atoms with E-state index in [4.69, 9.17) is 4.74 Å². The first-order valence-corrected chi connectivity index (χ1v) is 15.3. The van der Waals surface area contributed by atoms with E-state index in [0.29, 0.717) is 24.5 Å². The predicted octanol–water partition coefficient (Wildman–Crippen LogP) is 4.33. The summed E-state index contributed by atoms with van der Waals surface area (Å²) in [5.74, 6) is -0.0148. The van der Waals surface area contributed by atoms with Gasteiger partial charge in [0.2, 0.25) is 21.8 Å². The number of carbonyl (C=O) groups is 2. The number of likely N-dealkylation sites (N-methyl/N-ethyl adjacent to an activating group) is 1. The zero-order chi connectivity index (χ0) is 29.1. The number of nitrogens with one attached hydrogen (secondary N) is 1. The molecule has 0 saturated heterocycles. The van der Waals surface area contributed by atoms with E-state index >= 15 is 0 Å². The molecule has 0 fully saturated rings. The van der Waals surface area contributed by atoms with E-state index in [1.54, 1.807) is 36.2 Å². The number of ether oxygens (including phenoxy) is 1. The minimum atomic E-state index is -3.64. The summed E-state index contributed by atoms with van der Waals surface area (Å²) in [5.41, 5.74) is 3.34. The van der Waals surface area contributed by atoms with Crippen molar-refractivity contribution >= 4 is 27.5 Å². The Kier molecular flexibility index (Phi) is 11.1. The third kappa shape index (κ3) is 8.32. The molecule has 1 unspecified atom stereocenters. The third-order valence-electron chi connectivity index (χ3n) is 6.71. The Morgan fingerprint density at radius 1 is 0.950 bits per heavy atom. The van der Waals surface area contributed by atoms with E-state index in [2.05, 4.69) is 5.32 Å². The summed E-state index contributed by atoms with van der Waals surface area (Å²) >= 11 is 0. The Morgan fingerprint density at radius 2 is 1.60 bits per heavy atom. The Bertz CT molecular complexity index is 1380. The Morgan fingerprint density at radius 3 is 2.25 bits per heavy atom. The van der Waals surface area contributed by atoms with Crippen molar-refractivity contribution in [1.29, 1.82) is 0 Å². The number of para-hydroxylation sites is 2. The third-order valence-corrected chi connectivity index (χ3v) is 7.89. The molecule has 0 aliphatic rings. The van der Waals surface area contributed by atoms with E-state index in [1.165, 1.54) is 4.31 Å². The van der Waals surface area contributed by atoms with Crippen LogP contribution in [0.3, 0.4) is 0 Å². The summed E-state index contributed by atoms with van der Waals surface area (Å²) < 4.78 is 32.4. The van der Waals surface area contributed by atoms with E-state index in [0.717, 1.165) is 22.9 Å². The molecule has 0 saturated carbocycles. The average Bonchev–Trinajstić information content (AvgIpc) is 2.94. The average molecular weight is 566 g/mol. The fraction of sp³-hybridized carbons (Fsp3) is 0.355. The van der Waals surface area contributed by atoms with Gasteiger partial charge in [0, 0.05) is 33.0 Å². The highest BCUT2D eigenvalue weighted by Crippen LogP contribution is 2.30. The molecule has 0 spiro atoms. The number of benzene rings is 3. The molecule has 3 aromatic carbocycles. The molecule has 40 heavy (non-hydrogen) atoms. The maximum absolute atomic E-state index is 13.8. The molecule has 3 aromatic rings. The van der Waals surface area contributed by atoms with E-state index in [9.17, 15) is 18.0 Å². The first-order chi connectivity index (χ1) is 19.2. The van der Waals surface area contributed by atoms with Crippen LogP contribution in [0, 0.1) is 6.92 Å².